The molecule has 1 heterocycles. The average molecular weight is 221 g/mol. The van der Waals surface area contributed by atoms with Crippen LogP contribution in [0.1, 0.15) is 40.0 Å². The van der Waals surface area contributed by atoms with Crippen molar-refractivity contribution >= 4 is 5.95 Å². The molecule has 0 bridgehead atoms. The van der Waals surface area contributed by atoms with E-state index in [9.17, 15) is 0 Å². The van der Waals surface area contributed by atoms with Gasteiger partial charge in [0.2, 0.25) is 5.95 Å². The molecule has 2 rings (SSSR count). The highest BCUT2D eigenvalue weighted by Gasteiger charge is 2.24. The largest absolute Gasteiger partial charge is 0.353 e. The van der Waals surface area contributed by atoms with E-state index in [1.807, 2.05) is 12.4 Å². The van der Waals surface area contributed by atoms with Gasteiger partial charge in [-0.25, -0.2) is 4.98 Å². The van der Waals surface area contributed by atoms with E-state index in [4.69, 9.17) is 0 Å². The van der Waals surface area contributed by atoms with Crippen LogP contribution in [0.2, 0.25) is 0 Å². The van der Waals surface area contributed by atoms with Gasteiger partial charge in [-0.05, 0) is 38.0 Å². The lowest BCUT2D eigenvalue weighted by Crippen LogP contribution is -2.31. The van der Waals surface area contributed by atoms with Gasteiger partial charge in [-0.2, -0.15) is 0 Å². The summed E-state index contributed by atoms with van der Waals surface area (Å²) >= 11 is 0. The Bertz CT molecular complexity index is 322. The second kappa shape index (κ2) is 4.89. The van der Waals surface area contributed by atoms with Gasteiger partial charge in [0.15, 0.2) is 0 Å². The van der Waals surface area contributed by atoms with E-state index in [0.29, 0.717) is 6.04 Å². The van der Waals surface area contributed by atoms with Crippen LogP contribution in [0, 0.1) is 11.8 Å². The lowest BCUT2D eigenvalue weighted by atomic mass is 9.80. The molecule has 1 saturated carbocycles. The first kappa shape index (κ1) is 11.5. The Morgan fingerprint density at radius 3 is 2.62 bits per heavy atom. The number of anilines is 1. The Labute approximate surface area is 98.3 Å². The predicted molar refractivity (Wildman–Crippen MR) is 67.5 cm³/mol. The van der Waals surface area contributed by atoms with Crippen LogP contribution in [0.15, 0.2) is 12.4 Å². The van der Waals surface area contributed by atoms with Crippen LogP contribution in [0.4, 0.5) is 5.95 Å². The lowest BCUT2D eigenvalue weighted by Gasteiger charge is -2.32. The maximum atomic E-state index is 4.38. The van der Waals surface area contributed by atoms with Crippen molar-refractivity contribution in [1.82, 2.24) is 9.55 Å². The Morgan fingerprint density at radius 1 is 1.31 bits per heavy atom. The summed E-state index contributed by atoms with van der Waals surface area (Å²) in [6.07, 6.45) is 7.85. The Balaban J connectivity index is 1.98. The molecule has 2 atom stereocenters. The monoisotopic (exact) mass is 221 g/mol. The van der Waals surface area contributed by atoms with Crippen molar-refractivity contribution in [3.8, 4) is 0 Å². The first-order valence-corrected chi connectivity index (χ1v) is 6.46. The van der Waals surface area contributed by atoms with Gasteiger partial charge in [0.05, 0.1) is 0 Å². The second-order valence-corrected chi connectivity index (χ2v) is 5.30. The summed E-state index contributed by atoms with van der Waals surface area (Å²) < 4.78 is 2.17. The molecule has 1 aliphatic carbocycles. The van der Waals surface area contributed by atoms with Gasteiger partial charge in [0, 0.05) is 25.0 Å². The standard InChI is InChI=1S/C13H23N3/c1-4-16-6-5-14-13(16)15-12-8-10(2)7-11(3)9-12/h5-6,10-12H,4,7-9H2,1-3H3,(H,14,15). The molecule has 90 valence electrons. The summed E-state index contributed by atoms with van der Waals surface area (Å²) in [5, 5.41) is 3.59. The molecule has 1 aromatic rings. The lowest BCUT2D eigenvalue weighted by molar-refractivity contribution is 0.280. The molecule has 0 aliphatic heterocycles. The average Bonchev–Trinajstić information content (AvgIpc) is 2.63. The summed E-state index contributed by atoms with van der Waals surface area (Å²) in [5.74, 6) is 2.71. The SMILES string of the molecule is CCn1ccnc1NC1CC(C)CC(C)C1. The van der Waals surface area contributed by atoms with E-state index in [1.54, 1.807) is 0 Å². The van der Waals surface area contributed by atoms with E-state index in [2.05, 4.69) is 35.6 Å². The Morgan fingerprint density at radius 2 is 2.00 bits per heavy atom. The number of aryl methyl sites for hydroxylation is 1. The minimum Gasteiger partial charge on any atom is -0.353 e. The smallest absolute Gasteiger partial charge is 0.202 e. The van der Waals surface area contributed by atoms with Crippen molar-refractivity contribution in [2.45, 2.75) is 52.6 Å². The molecule has 16 heavy (non-hydrogen) atoms. The molecule has 0 aromatic carbocycles. The highest BCUT2D eigenvalue weighted by molar-refractivity contribution is 5.27. The van der Waals surface area contributed by atoms with Gasteiger partial charge in [-0.3, -0.25) is 0 Å². The summed E-state index contributed by atoms with van der Waals surface area (Å²) in [6.45, 7) is 7.85. The first-order chi connectivity index (χ1) is 7.69. The van der Waals surface area contributed by atoms with Crippen LogP contribution in [-0.4, -0.2) is 15.6 Å². The fraction of sp³-hybridized carbons (Fsp3) is 0.769. The maximum absolute atomic E-state index is 4.38. The number of nitrogens with one attached hydrogen (secondary N) is 1. The number of rotatable bonds is 3. The van der Waals surface area contributed by atoms with Crippen LogP contribution in [-0.2, 0) is 6.54 Å². The zero-order valence-electron chi connectivity index (χ0n) is 10.6. The fourth-order valence-electron chi connectivity index (χ4n) is 2.95. The van der Waals surface area contributed by atoms with Gasteiger partial charge in [-0.1, -0.05) is 13.8 Å². The van der Waals surface area contributed by atoms with Crippen LogP contribution < -0.4 is 5.32 Å². The fourth-order valence-corrected chi connectivity index (χ4v) is 2.95. The predicted octanol–water partition coefficient (Wildman–Crippen LogP) is 3.14. The van der Waals surface area contributed by atoms with Crippen molar-refractivity contribution in [3.63, 3.8) is 0 Å². The number of aromatic nitrogens is 2. The minimum atomic E-state index is 0.603. The zero-order valence-corrected chi connectivity index (χ0v) is 10.6. The molecule has 2 unspecified atom stereocenters. The molecule has 1 aliphatic rings. The van der Waals surface area contributed by atoms with Crippen molar-refractivity contribution in [2.75, 3.05) is 5.32 Å². The van der Waals surface area contributed by atoms with E-state index in [-0.39, 0.29) is 0 Å². The highest BCUT2D eigenvalue weighted by Crippen LogP contribution is 2.30. The van der Waals surface area contributed by atoms with Crippen molar-refractivity contribution < 1.29 is 0 Å². The van der Waals surface area contributed by atoms with Crippen LogP contribution >= 0.6 is 0 Å². The molecule has 0 spiro atoms. The van der Waals surface area contributed by atoms with Crippen molar-refractivity contribution in [3.05, 3.63) is 12.4 Å². The Kier molecular flexibility index (Phi) is 3.52. The van der Waals surface area contributed by atoms with Crippen LogP contribution in [0.3, 0.4) is 0 Å². The molecule has 1 aromatic heterocycles. The van der Waals surface area contributed by atoms with Crippen molar-refractivity contribution in [1.29, 1.82) is 0 Å². The second-order valence-electron chi connectivity index (χ2n) is 5.30. The molecular weight excluding hydrogens is 198 g/mol. The van der Waals surface area contributed by atoms with Crippen LogP contribution in [0.5, 0.6) is 0 Å². The number of hydrogen-bond donors (Lipinski definition) is 1. The van der Waals surface area contributed by atoms with E-state index >= 15 is 0 Å². The molecule has 1 N–H and O–H groups in total. The Hall–Kier alpha value is -0.990. The number of nitrogens with zero attached hydrogens (tertiary/aromatic N) is 2. The van der Waals surface area contributed by atoms with Gasteiger partial charge >= 0.3 is 0 Å². The summed E-state index contributed by atoms with van der Waals surface area (Å²) in [5.41, 5.74) is 0. The summed E-state index contributed by atoms with van der Waals surface area (Å²) in [7, 11) is 0. The van der Waals surface area contributed by atoms with E-state index in [0.717, 1.165) is 24.3 Å². The van der Waals surface area contributed by atoms with Crippen LogP contribution in [0.25, 0.3) is 0 Å². The number of hydrogen-bond acceptors (Lipinski definition) is 2. The molecule has 1 fully saturated rings. The van der Waals surface area contributed by atoms with E-state index in [1.165, 1.54) is 19.3 Å². The molecule has 0 saturated heterocycles. The quantitative estimate of drug-likeness (QED) is 0.849. The normalized spacial score (nSPS) is 30.3. The van der Waals surface area contributed by atoms with Gasteiger partial charge in [-0.15, -0.1) is 0 Å². The molecule has 0 radical (unpaired) electrons. The molecular formula is C13H23N3. The third-order valence-corrected chi connectivity index (χ3v) is 3.57. The van der Waals surface area contributed by atoms with Crippen molar-refractivity contribution in [2.24, 2.45) is 11.8 Å². The highest BCUT2D eigenvalue weighted by atomic mass is 15.2. The van der Waals surface area contributed by atoms with Gasteiger partial charge in [0.1, 0.15) is 0 Å². The maximum Gasteiger partial charge on any atom is 0.202 e. The van der Waals surface area contributed by atoms with Gasteiger partial charge < -0.3 is 9.88 Å². The topological polar surface area (TPSA) is 29.9 Å². The summed E-state index contributed by atoms with van der Waals surface area (Å²) in [6, 6.07) is 0.603. The zero-order chi connectivity index (χ0) is 11.5. The minimum absolute atomic E-state index is 0.603. The first-order valence-electron chi connectivity index (χ1n) is 6.46. The molecule has 3 nitrogen and oxygen atoms in total. The third-order valence-electron chi connectivity index (χ3n) is 3.57. The van der Waals surface area contributed by atoms with Gasteiger partial charge in [0.25, 0.3) is 0 Å². The molecule has 3 heteroatoms. The summed E-state index contributed by atoms with van der Waals surface area (Å²) in [4.78, 5) is 4.38. The van der Waals surface area contributed by atoms with E-state index < -0.39 is 0 Å². The third kappa shape index (κ3) is 2.57. The molecule has 0 amide bonds. The number of imidazole rings is 1.